The van der Waals surface area contributed by atoms with Crippen molar-refractivity contribution < 1.29 is 17.9 Å². The second-order valence-electron chi connectivity index (χ2n) is 6.49. The molecule has 1 amide bonds. The highest BCUT2D eigenvalue weighted by molar-refractivity contribution is 7.89. The third-order valence-corrected chi connectivity index (χ3v) is 6.17. The van der Waals surface area contributed by atoms with Crippen LogP contribution < -0.4 is 10.1 Å². The number of nitrogens with zero attached hydrogens (tertiary/aromatic N) is 1. The van der Waals surface area contributed by atoms with Crippen LogP contribution in [0.25, 0.3) is 6.08 Å². The quantitative estimate of drug-likeness (QED) is 0.590. The van der Waals surface area contributed by atoms with Gasteiger partial charge in [0.2, 0.25) is 15.9 Å². The van der Waals surface area contributed by atoms with Gasteiger partial charge in [-0.2, -0.15) is 4.31 Å². The van der Waals surface area contributed by atoms with Crippen molar-refractivity contribution in [3.8, 4) is 5.75 Å². The summed E-state index contributed by atoms with van der Waals surface area (Å²) in [6.07, 6.45) is 4.59. The first-order valence-electron chi connectivity index (χ1n) is 9.64. The Labute approximate surface area is 173 Å². The molecule has 0 radical (unpaired) electrons. The van der Waals surface area contributed by atoms with E-state index in [4.69, 9.17) is 4.74 Å². The molecule has 0 aliphatic rings. The second kappa shape index (κ2) is 10.8. The van der Waals surface area contributed by atoms with Crippen LogP contribution in [0.15, 0.2) is 59.5 Å². The van der Waals surface area contributed by atoms with Crippen molar-refractivity contribution in [1.82, 2.24) is 4.31 Å². The van der Waals surface area contributed by atoms with Crippen LogP contribution in [-0.2, 0) is 14.8 Å². The number of sulfonamides is 1. The van der Waals surface area contributed by atoms with Crippen molar-refractivity contribution in [1.29, 1.82) is 0 Å². The third-order valence-electron chi connectivity index (χ3n) is 4.26. The average Bonchev–Trinajstić information content (AvgIpc) is 2.72. The predicted octanol–water partition coefficient (Wildman–Crippen LogP) is 4.16. The first kappa shape index (κ1) is 22.6. The number of ether oxygens (including phenoxy) is 1. The largest absolute Gasteiger partial charge is 0.496 e. The van der Waals surface area contributed by atoms with E-state index in [9.17, 15) is 13.2 Å². The molecule has 0 heterocycles. The highest BCUT2D eigenvalue weighted by Crippen LogP contribution is 2.20. The van der Waals surface area contributed by atoms with Gasteiger partial charge < -0.3 is 10.1 Å². The van der Waals surface area contributed by atoms with Gasteiger partial charge in [0, 0.05) is 30.4 Å². The van der Waals surface area contributed by atoms with Gasteiger partial charge in [0.05, 0.1) is 12.0 Å². The number of nitrogens with one attached hydrogen (secondary N) is 1. The van der Waals surface area contributed by atoms with Crippen LogP contribution in [0.2, 0.25) is 0 Å². The normalized spacial score (nSPS) is 11.7. The number of anilines is 1. The molecule has 0 aromatic heterocycles. The van der Waals surface area contributed by atoms with Crippen molar-refractivity contribution >= 4 is 27.7 Å². The summed E-state index contributed by atoms with van der Waals surface area (Å²) in [6, 6.07) is 13.6. The van der Waals surface area contributed by atoms with E-state index >= 15 is 0 Å². The zero-order chi connectivity index (χ0) is 21.3. The van der Waals surface area contributed by atoms with Gasteiger partial charge in [0.1, 0.15) is 5.75 Å². The molecule has 7 heteroatoms. The van der Waals surface area contributed by atoms with Gasteiger partial charge in [0.15, 0.2) is 0 Å². The lowest BCUT2D eigenvalue weighted by molar-refractivity contribution is -0.111. The molecule has 6 nitrogen and oxygen atoms in total. The third kappa shape index (κ3) is 6.17. The Morgan fingerprint density at radius 2 is 1.66 bits per heavy atom. The monoisotopic (exact) mass is 416 g/mol. The van der Waals surface area contributed by atoms with Crippen molar-refractivity contribution in [2.45, 2.75) is 31.6 Å². The molecular weight excluding hydrogens is 388 g/mol. The molecule has 2 aromatic carbocycles. The molecule has 156 valence electrons. The van der Waals surface area contributed by atoms with Gasteiger partial charge in [-0.3, -0.25) is 4.79 Å². The molecule has 1 N–H and O–H groups in total. The molecule has 0 bridgehead atoms. The Morgan fingerprint density at radius 3 is 2.24 bits per heavy atom. The summed E-state index contributed by atoms with van der Waals surface area (Å²) in [6.45, 7) is 4.88. The number of methoxy groups -OCH3 is 1. The topological polar surface area (TPSA) is 75.7 Å². The standard InChI is InChI=1S/C22H28N2O4S/c1-4-16-24(17-5-2)29(26,27)20-13-11-19(12-14-20)23-22(25)15-10-18-8-6-7-9-21(18)28-3/h6-15H,4-5,16-17H2,1-3H3,(H,23,25)/b15-10+. The van der Waals surface area contributed by atoms with E-state index in [1.54, 1.807) is 25.3 Å². The highest BCUT2D eigenvalue weighted by Gasteiger charge is 2.22. The Bertz CT molecular complexity index is 932. The zero-order valence-electron chi connectivity index (χ0n) is 17.1. The van der Waals surface area contributed by atoms with Crippen LogP contribution >= 0.6 is 0 Å². The lowest BCUT2D eigenvalue weighted by atomic mass is 10.2. The number of para-hydroxylation sites is 1. The van der Waals surface area contributed by atoms with E-state index < -0.39 is 10.0 Å². The van der Waals surface area contributed by atoms with Crippen LogP contribution in [-0.4, -0.2) is 38.8 Å². The van der Waals surface area contributed by atoms with Crippen LogP contribution in [0.1, 0.15) is 32.3 Å². The van der Waals surface area contributed by atoms with Crippen molar-refractivity contribution in [3.63, 3.8) is 0 Å². The Hall–Kier alpha value is -2.64. The maximum Gasteiger partial charge on any atom is 0.248 e. The average molecular weight is 417 g/mol. The van der Waals surface area contributed by atoms with Crippen LogP contribution in [0.3, 0.4) is 0 Å². The Balaban J connectivity index is 2.08. The fraction of sp³-hybridized carbons (Fsp3) is 0.318. The molecule has 0 saturated carbocycles. The number of carbonyl (C=O) groups excluding carboxylic acids is 1. The summed E-state index contributed by atoms with van der Waals surface area (Å²) >= 11 is 0. The summed E-state index contributed by atoms with van der Waals surface area (Å²) in [4.78, 5) is 12.4. The fourth-order valence-corrected chi connectivity index (χ4v) is 4.49. The van der Waals surface area contributed by atoms with Gasteiger partial charge in [-0.1, -0.05) is 32.0 Å². The van der Waals surface area contributed by atoms with E-state index in [0.717, 1.165) is 18.4 Å². The number of carbonyl (C=O) groups is 1. The molecule has 0 unspecified atom stereocenters. The molecule has 0 fully saturated rings. The molecule has 2 aromatic rings. The molecule has 29 heavy (non-hydrogen) atoms. The Kier molecular flexibility index (Phi) is 8.42. The van der Waals surface area contributed by atoms with Crippen LogP contribution in [0.5, 0.6) is 5.75 Å². The highest BCUT2D eigenvalue weighted by atomic mass is 32.2. The molecule has 0 spiro atoms. The number of hydrogen-bond acceptors (Lipinski definition) is 4. The minimum Gasteiger partial charge on any atom is -0.496 e. The SMILES string of the molecule is CCCN(CCC)S(=O)(=O)c1ccc(NC(=O)/C=C/c2ccccc2OC)cc1. The van der Waals surface area contributed by atoms with E-state index in [1.807, 2.05) is 38.1 Å². The number of hydrogen-bond donors (Lipinski definition) is 1. The number of rotatable bonds is 10. The summed E-state index contributed by atoms with van der Waals surface area (Å²) in [5.41, 5.74) is 1.31. The summed E-state index contributed by atoms with van der Waals surface area (Å²) in [5.74, 6) is 0.361. The zero-order valence-corrected chi connectivity index (χ0v) is 17.9. The van der Waals surface area contributed by atoms with Crippen LogP contribution in [0.4, 0.5) is 5.69 Å². The molecule has 0 atom stereocenters. The molecule has 2 rings (SSSR count). The fourth-order valence-electron chi connectivity index (χ4n) is 2.86. The van der Waals surface area contributed by atoms with E-state index in [-0.39, 0.29) is 10.8 Å². The molecule has 0 aliphatic carbocycles. The molecule has 0 saturated heterocycles. The van der Waals surface area contributed by atoms with Crippen molar-refractivity contribution in [2.75, 3.05) is 25.5 Å². The van der Waals surface area contributed by atoms with Gasteiger partial charge in [-0.15, -0.1) is 0 Å². The van der Waals surface area contributed by atoms with E-state index in [0.29, 0.717) is 24.5 Å². The summed E-state index contributed by atoms with van der Waals surface area (Å²) < 4.78 is 32.3. The lowest BCUT2D eigenvalue weighted by Crippen LogP contribution is -2.32. The van der Waals surface area contributed by atoms with E-state index in [1.165, 1.54) is 22.5 Å². The van der Waals surface area contributed by atoms with Crippen molar-refractivity contribution in [3.05, 3.63) is 60.2 Å². The second-order valence-corrected chi connectivity index (χ2v) is 8.43. The Morgan fingerprint density at radius 1 is 1.03 bits per heavy atom. The maximum absolute atomic E-state index is 12.8. The predicted molar refractivity (Wildman–Crippen MR) is 116 cm³/mol. The van der Waals surface area contributed by atoms with Crippen molar-refractivity contribution in [2.24, 2.45) is 0 Å². The number of amides is 1. The minimum absolute atomic E-state index is 0.224. The minimum atomic E-state index is -3.53. The lowest BCUT2D eigenvalue weighted by Gasteiger charge is -2.21. The molecule has 0 aliphatic heterocycles. The smallest absolute Gasteiger partial charge is 0.248 e. The number of benzene rings is 2. The van der Waals surface area contributed by atoms with Gasteiger partial charge in [0.25, 0.3) is 0 Å². The summed E-state index contributed by atoms with van der Waals surface area (Å²) in [7, 11) is -1.96. The van der Waals surface area contributed by atoms with Gasteiger partial charge in [-0.25, -0.2) is 8.42 Å². The first-order chi connectivity index (χ1) is 13.9. The summed E-state index contributed by atoms with van der Waals surface area (Å²) in [5, 5.41) is 2.73. The molecular formula is C22H28N2O4S. The first-order valence-corrected chi connectivity index (χ1v) is 11.1. The van der Waals surface area contributed by atoms with E-state index in [2.05, 4.69) is 5.32 Å². The van der Waals surface area contributed by atoms with Crippen LogP contribution in [0, 0.1) is 0 Å². The van der Waals surface area contributed by atoms with Gasteiger partial charge >= 0.3 is 0 Å². The maximum atomic E-state index is 12.8. The van der Waals surface area contributed by atoms with Gasteiger partial charge in [-0.05, 0) is 49.2 Å².